The minimum absolute atomic E-state index is 1.09. The lowest BCUT2D eigenvalue weighted by Gasteiger charge is -2.12. The molecule has 0 saturated heterocycles. The molecular formula is C19H18. The van der Waals surface area contributed by atoms with Crippen molar-refractivity contribution in [1.82, 2.24) is 0 Å². The minimum Gasteiger partial charge on any atom is -0.0990 e. The maximum atomic E-state index is 3.90. The quantitative estimate of drug-likeness (QED) is 0.632. The lowest BCUT2D eigenvalue weighted by atomic mass is 9.92. The SMILES string of the molecule is C=C/C=C(\C=C)c1ccc(C)cc1-c1ccccc1. The molecule has 2 aromatic carbocycles. The monoisotopic (exact) mass is 246 g/mol. The normalized spacial score (nSPS) is 11.1. The second-order valence-corrected chi connectivity index (χ2v) is 4.48. The van der Waals surface area contributed by atoms with Gasteiger partial charge in [0.2, 0.25) is 0 Å². The van der Waals surface area contributed by atoms with Crippen LogP contribution in [0.25, 0.3) is 16.7 Å². The molecule has 94 valence electrons. The van der Waals surface area contributed by atoms with Crippen molar-refractivity contribution < 1.29 is 0 Å². The molecule has 0 bridgehead atoms. The highest BCUT2D eigenvalue weighted by molar-refractivity contribution is 5.86. The van der Waals surface area contributed by atoms with Gasteiger partial charge in [0.15, 0.2) is 0 Å². The summed E-state index contributed by atoms with van der Waals surface area (Å²) in [7, 11) is 0. The van der Waals surface area contributed by atoms with Crippen molar-refractivity contribution in [3.8, 4) is 11.1 Å². The molecule has 0 aliphatic heterocycles. The fraction of sp³-hybridized carbons (Fsp3) is 0.0526. The number of aryl methyl sites for hydroxylation is 1. The molecule has 0 N–H and O–H groups in total. The highest BCUT2D eigenvalue weighted by atomic mass is 14.1. The van der Waals surface area contributed by atoms with Crippen molar-refractivity contribution in [2.24, 2.45) is 0 Å². The summed E-state index contributed by atoms with van der Waals surface area (Å²) in [5.41, 5.74) is 5.98. The van der Waals surface area contributed by atoms with E-state index >= 15 is 0 Å². The first-order valence-corrected chi connectivity index (χ1v) is 6.38. The van der Waals surface area contributed by atoms with Gasteiger partial charge in [-0.25, -0.2) is 0 Å². The molecule has 0 heterocycles. The van der Waals surface area contributed by atoms with Crippen LogP contribution in [0.2, 0.25) is 0 Å². The van der Waals surface area contributed by atoms with Crippen molar-refractivity contribution in [3.63, 3.8) is 0 Å². The van der Waals surface area contributed by atoms with Gasteiger partial charge in [-0.2, -0.15) is 0 Å². The van der Waals surface area contributed by atoms with Crippen LogP contribution in [0.5, 0.6) is 0 Å². The van der Waals surface area contributed by atoms with Gasteiger partial charge in [-0.15, -0.1) is 0 Å². The molecule has 0 fully saturated rings. The molecule has 0 unspecified atom stereocenters. The third-order valence-corrected chi connectivity index (χ3v) is 3.09. The van der Waals surface area contributed by atoms with Crippen molar-refractivity contribution in [1.29, 1.82) is 0 Å². The van der Waals surface area contributed by atoms with Crippen molar-refractivity contribution >= 4 is 5.57 Å². The summed E-state index contributed by atoms with van der Waals surface area (Å²) >= 11 is 0. The molecule has 0 aromatic heterocycles. The van der Waals surface area contributed by atoms with Crippen LogP contribution in [0, 0.1) is 6.92 Å². The van der Waals surface area contributed by atoms with Crippen LogP contribution in [-0.4, -0.2) is 0 Å². The molecule has 0 saturated carbocycles. The van der Waals surface area contributed by atoms with Crippen molar-refractivity contribution in [3.05, 3.63) is 91.0 Å². The van der Waals surface area contributed by atoms with Crippen LogP contribution < -0.4 is 0 Å². The molecule has 0 amide bonds. The zero-order chi connectivity index (χ0) is 13.7. The van der Waals surface area contributed by atoms with Gasteiger partial charge >= 0.3 is 0 Å². The highest BCUT2D eigenvalue weighted by Gasteiger charge is 2.07. The molecule has 0 aliphatic rings. The van der Waals surface area contributed by atoms with Crippen LogP contribution in [0.1, 0.15) is 11.1 Å². The van der Waals surface area contributed by atoms with E-state index in [2.05, 4.69) is 62.5 Å². The number of benzene rings is 2. The Bertz CT molecular complexity index is 616. The zero-order valence-electron chi connectivity index (χ0n) is 11.3. The largest absolute Gasteiger partial charge is 0.0990 e. The van der Waals surface area contributed by atoms with Gasteiger partial charge in [0, 0.05) is 0 Å². The second kappa shape index (κ2) is 6.01. The third-order valence-electron chi connectivity index (χ3n) is 3.09. The standard InChI is InChI=1S/C19H18/c1-4-9-16(5-2)18-13-12-15(3)14-19(18)17-10-7-6-8-11-17/h4-14H,1-2H2,3H3/b16-9+. The van der Waals surface area contributed by atoms with Crippen LogP contribution in [0.15, 0.2) is 79.9 Å². The molecule has 0 aliphatic carbocycles. The smallest absolute Gasteiger partial charge is 0.0103 e. The summed E-state index contributed by atoms with van der Waals surface area (Å²) in [4.78, 5) is 0. The molecule has 19 heavy (non-hydrogen) atoms. The van der Waals surface area contributed by atoms with Crippen LogP contribution in [0.3, 0.4) is 0 Å². The number of hydrogen-bond acceptors (Lipinski definition) is 0. The Morgan fingerprint density at radius 1 is 1.00 bits per heavy atom. The lowest BCUT2D eigenvalue weighted by molar-refractivity contribution is 1.45. The summed E-state index contributed by atoms with van der Waals surface area (Å²) in [6, 6.07) is 16.9. The van der Waals surface area contributed by atoms with E-state index in [4.69, 9.17) is 0 Å². The first-order valence-electron chi connectivity index (χ1n) is 6.38. The molecule has 0 spiro atoms. The molecule has 0 radical (unpaired) electrons. The Hall–Kier alpha value is -2.34. The number of rotatable bonds is 4. The van der Waals surface area contributed by atoms with E-state index in [9.17, 15) is 0 Å². The fourth-order valence-corrected chi connectivity index (χ4v) is 2.16. The summed E-state index contributed by atoms with van der Waals surface area (Å²) in [5.74, 6) is 0. The van der Waals surface area contributed by atoms with Crippen LogP contribution in [0.4, 0.5) is 0 Å². The van der Waals surface area contributed by atoms with Gasteiger partial charge in [0.1, 0.15) is 0 Å². The Kier molecular flexibility index (Phi) is 4.15. The van der Waals surface area contributed by atoms with E-state index in [1.807, 2.05) is 18.2 Å². The van der Waals surface area contributed by atoms with Gasteiger partial charge < -0.3 is 0 Å². The first kappa shape index (κ1) is 13.1. The molecule has 0 atom stereocenters. The van der Waals surface area contributed by atoms with E-state index in [1.165, 1.54) is 22.3 Å². The maximum absolute atomic E-state index is 3.90. The molecule has 0 heteroatoms. The Morgan fingerprint density at radius 3 is 2.37 bits per heavy atom. The van der Waals surface area contributed by atoms with Crippen molar-refractivity contribution in [2.75, 3.05) is 0 Å². The summed E-state index contributed by atoms with van der Waals surface area (Å²) in [6.45, 7) is 9.78. The van der Waals surface area contributed by atoms with Gasteiger partial charge in [-0.1, -0.05) is 85.5 Å². The summed E-state index contributed by atoms with van der Waals surface area (Å²) in [6.07, 6.45) is 5.66. The zero-order valence-corrected chi connectivity index (χ0v) is 11.3. The van der Waals surface area contributed by atoms with Crippen molar-refractivity contribution in [2.45, 2.75) is 6.92 Å². The van der Waals surface area contributed by atoms with Gasteiger partial charge in [0.05, 0.1) is 0 Å². The number of allylic oxidation sites excluding steroid dienone is 4. The Morgan fingerprint density at radius 2 is 1.74 bits per heavy atom. The highest BCUT2D eigenvalue weighted by Crippen LogP contribution is 2.30. The predicted octanol–water partition coefficient (Wildman–Crippen LogP) is 5.42. The van der Waals surface area contributed by atoms with Crippen LogP contribution >= 0.6 is 0 Å². The Balaban J connectivity index is 2.66. The topological polar surface area (TPSA) is 0 Å². The second-order valence-electron chi connectivity index (χ2n) is 4.48. The van der Waals surface area contributed by atoms with Gasteiger partial charge in [-0.3, -0.25) is 0 Å². The van der Waals surface area contributed by atoms with Gasteiger partial charge in [-0.05, 0) is 29.2 Å². The van der Waals surface area contributed by atoms with E-state index in [0.29, 0.717) is 0 Å². The van der Waals surface area contributed by atoms with E-state index in [1.54, 1.807) is 6.08 Å². The predicted molar refractivity (Wildman–Crippen MR) is 85.0 cm³/mol. The first-order chi connectivity index (χ1) is 9.26. The van der Waals surface area contributed by atoms with E-state index in [0.717, 1.165) is 5.57 Å². The molecule has 2 aromatic rings. The molecular weight excluding hydrogens is 228 g/mol. The number of hydrogen-bond donors (Lipinski definition) is 0. The summed E-state index contributed by atoms with van der Waals surface area (Å²) < 4.78 is 0. The molecule has 2 rings (SSSR count). The van der Waals surface area contributed by atoms with Gasteiger partial charge in [0.25, 0.3) is 0 Å². The Labute approximate surface area is 115 Å². The van der Waals surface area contributed by atoms with E-state index < -0.39 is 0 Å². The average molecular weight is 246 g/mol. The summed E-state index contributed by atoms with van der Waals surface area (Å²) in [5, 5.41) is 0. The molecule has 0 nitrogen and oxygen atoms in total. The van der Waals surface area contributed by atoms with Crippen LogP contribution in [-0.2, 0) is 0 Å². The minimum atomic E-state index is 1.09. The maximum Gasteiger partial charge on any atom is -0.0103 e. The average Bonchev–Trinajstić information content (AvgIpc) is 2.46. The third kappa shape index (κ3) is 2.92. The fourth-order valence-electron chi connectivity index (χ4n) is 2.16. The lowest BCUT2D eigenvalue weighted by Crippen LogP contribution is -1.89. The van der Waals surface area contributed by atoms with E-state index in [-0.39, 0.29) is 0 Å².